The molecule has 172 valence electrons. The van der Waals surface area contributed by atoms with Gasteiger partial charge in [0, 0.05) is 42.7 Å². The van der Waals surface area contributed by atoms with Crippen molar-refractivity contribution in [2.24, 2.45) is 5.92 Å². The summed E-state index contributed by atoms with van der Waals surface area (Å²) in [5.41, 5.74) is 4.06. The highest BCUT2D eigenvalue weighted by molar-refractivity contribution is 5.79. The van der Waals surface area contributed by atoms with E-state index in [2.05, 4.69) is 39.5 Å². The van der Waals surface area contributed by atoms with Crippen molar-refractivity contribution in [3.8, 4) is 22.8 Å². The molecule has 0 unspecified atom stereocenters. The van der Waals surface area contributed by atoms with Crippen molar-refractivity contribution in [3.63, 3.8) is 0 Å². The predicted molar refractivity (Wildman–Crippen MR) is 129 cm³/mol. The Morgan fingerprint density at radius 3 is 2.52 bits per heavy atom. The molecule has 7 nitrogen and oxygen atoms in total. The molecule has 1 aliphatic rings. The molecule has 2 heterocycles. The van der Waals surface area contributed by atoms with Gasteiger partial charge in [-0.05, 0) is 50.1 Å². The van der Waals surface area contributed by atoms with Crippen LogP contribution in [0.3, 0.4) is 0 Å². The highest BCUT2D eigenvalue weighted by atomic mass is 16.5. The number of aromatic nitrogens is 2. The summed E-state index contributed by atoms with van der Waals surface area (Å²) in [6.07, 6.45) is 1.57. The summed E-state index contributed by atoms with van der Waals surface area (Å²) in [7, 11) is 3.23. The number of carbonyl (C=O) groups is 1. The van der Waals surface area contributed by atoms with Crippen molar-refractivity contribution in [1.29, 1.82) is 0 Å². The largest absolute Gasteiger partial charge is 0.497 e. The monoisotopic (exact) mass is 446 g/mol. The summed E-state index contributed by atoms with van der Waals surface area (Å²) in [5, 5.41) is 11.9. The Labute approximate surface area is 194 Å². The van der Waals surface area contributed by atoms with E-state index in [4.69, 9.17) is 9.47 Å². The molecule has 4 rings (SSSR count). The second kappa shape index (κ2) is 10.3. The van der Waals surface area contributed by atoms with Crippen LogP contribution >= 0.6 is 0 Å². The molecule has 1 aromatic heterocycles. The van der Waals surface area contributed by atoms with Crippen LogP contribution < -0.4 is 19.7 Å². The van der Waals surface area contributed by atoms with Crippen LogP contribution in [-0.2, 0) is 11.3 Å². The molecule has 0 spiro atoms. The van der Waals surface area contributed by atoms with Gasteiger partial charge in [0.15, 0.2) is 5.82 Å². The van der Waals surface area contributed by atoms with Crippen molar-refractivity contribution >= 4 is 11.7 Å². The number of ether oxygens (including phenoxy) is 2. The molecule has 1 saturated heterocycles. The molecule has 1 fully saturated rings. The fourth-order valence-electron chi connectivity index (χ4n) is 4.15. The number of hydrogen-bond donors (Lipinski definition) is 1. The van der Waals surface area contributed by atoms with E-state index in [0.717, 1.165) is 54.3 Å². The van der Waals surface area contributed by atoms with E-state index in [1.165, 1.54) is 5.56 Å². The van der Waals surface area contributed by atoms with Gasteiger partial charge >= 0.3 is 0 Å². The van der Waals surface area contributed by atoms with Crippen molar-refractivity contribution in [2.45, 2.75) is 26.3 Å². The van der Waals surface area contributed by atoms with Crippen LogP contribution in [0.25, 0.3) is 11.3 Å². The van der Waals surface area contributed by atoms with Crippen molar-refractivity contribution < 1.29 is 14.3 Å². The summed E-state index contributed by atoms with van der Waals surface area (Å²) in [5.74, 6) is 2.35. The first-order valence-electron chi connectivity index (χ1n) is 11.2. The van der Waals surface area contributed by atoms with E-state index in [-0.39, 0.29) is 11.8 Å². The van der Waals surface area contributed by atoms with Crippen molar-refractivity contribution in [3.05, 3.63) is 65.7 Å². The maximum absolute atomic E-state index is 12.7. The minimum Gasteiger partial charge on any atom is -0.497 e. The maximum Gasteiger partial charge on any atom is 0.223 e. The molecule has 0 saturated carbocycles. The first kappa shape index (κ1) is 22.6. The number of nitrogens with one attached hydrogen (secondary N) is 1. The molecule has 0 bridgehead atoms. The Kier molecular flexibility index (Phi) is 7.07. The van der Waals surface area contributed by atoms with E-state index in [0.29, 0.717) is 12.3 Å². The lowest BCUT2D eigenvalue weighted by molar-refractivity contribution is -0.125. The molecule has 1 N–H and O–H groups in total. The predicted octanol–water partition coefficient (Wildman–Crippen LogP) is 4.00. The summed E-state index contributed by atoms with van der Waals surface area (Å²) in [6.45, 7) is 4.06. The number of aryl methyl sites for hydroxylation is 1. The molecule has 0 atom stereocenters. The zero-order chi connectivity index (χ0) is 23.2. The maximum atomic E-state index is 12.7. The number of hydrogen-bond acceptors (Lipinski definition) is 6. The van der Waals surface area contributed by atoms with Gasteiger partial charge in [0.1, 0.15) is 11.5 Å². The third-order valence-corrected chi connectivity index (χ3v) is 6.10. The van der Waals surface area contributed by atoms with Crippen LogP contribution in [0.1, 0.15) is 24.0 Å². The number of rotatable bonds is 7. The normalized spacial score (nSPS) is 14.1. The Morgan fingerprint density at radius 1 is 1.03 bits per heavy atom. The number of carbonyl (C=O) groups excluding carboxylic acids is 1. The van der Waals surface area contributed by atoms with Gasteiger partial charge in [0.05, 0.1) is 19.9 Å². The van der Waals surface area contributed by atoms with Crippen LogP contribution in [0.15, 0.2) is 54.6 Å². The third-order valence-electron chi connectivity index (χ3n) is 6.10. The molecule has 1 amide bonds. The lowest BCUT2D eigenvalue weighted by Crippen LogP contribution is -2.40. The molecule has 33 heavy (non-hydrogen) atoms. The molecule has 0 aliphatic carbocycles. The van der Waals surface area contributed by atoms with Crippen LogP contribution in [-0.4, -0.2) is 43.4 Å². The number of benzene rings is 2. The average Bonchev–Trinajstić information content (AvgIpc) is 2.87. The Morgan fingerprint density at radius 2 is 1.85 bits per heavy atom. The number of anilines is 1. The van der Waals surface area contributed by atoms with E-state index in [1.54, 1.807) is 14.2 Å². The van der Waals surface area contributed by atoms with Crippen LogP contribution in [0.4, 0.5) is 5.82 Å². The van der Waals surface area contributed by atoms with Gasteiger partial charge in [-0.2, -0.15) is 0 Å². The average molecular weight is 447 g/mol. The van der Waals surface area contributed by atoms with Gasteiger partial charge in [-0.25, -0.2) is 0 Å². The van der Waals surface area contributed by atoms with Crippen LogP contribution in [0.5, 0.6) is 11.5 Å². The summed E-state index contributed by atoms with van der Waals surface area (Å²) in [4.78, 5) is 14.9. The van der Waals surface area contributed by atoms with Crippen molar-refractivity contribution in [2.75, 3.05) is 32.2 Å². The molecular formula is C26H30N4O3. The lowest BCUT2D eigenvalue weighted by Gasteiger charge is -2.31. The fraction of sp³-hybridized carbons (Fsp3) is 0.346. The number of piperidine rings is 1. The highest BCUT2D eigenvalue weighted by Crippen LogP contribution is 2.26. The van der Waals surface area contributed by atoms with Gasteiger partial charge in [0.2, 0.25) is 5.91 Å². The quantitative estimate of drug-likeness (QED) is 0.591. The van der Waals surface area contributed by atoms with Crippen LogP contribution in [0.2, 0.25) is 0 Å². The molecule has 2 aromatic carbocycles. The van der Waals surface area contributed by atoms with Gasteiger partial charge < -0.3 is 19.7 Å². The first-order valence-corrected chi connectivity index (χ1v) is 11.2. The second-order valence-electron chi connectivity index (χ2n) is 8.30. The Balaban J connectivity index is 1.30. The lowest BCUT2D eigenvalue weighted by atomic mass is 9.95. The smallest absolute Gasteiger partial charge is 0.223 e. The molecule has 7 heteroatoms. The zero-order valence-corrected chi connectivity index (χ0v) is 19.4. The second-order valence-corrected chi connectivity index (χ2v) is 8.30. The molecule has 1 aliphatic heterocycles. The Bertz CT molecular complexity index is 1090. The standard InChI is InChI=1S/C26H30N4O3/c1-18-5-4-6-20(15-18)23-9-10-25(29-28-23)30-13-11-19(12-14-30)26(31)27-17-21-7-8-22(32-2)16-24(21)33-3/h4-10,15-16,19H,11-14,17H2,1-3H3,(H,27,31). The third kappa shape index (κ3) is 5.42. The minimum atomic E-state index is -0.00924. The topological polar surface area (TPSA) is 76.6 Å². The van der Waals surface area contributed by atoms with E-state index >= 15 is 0 Å². The van der Waals surface area contributed by atoms with Gasteiger partial charge in [-0.1, -0.05) is 23.8 Å². The van der Waals surface area contributed by atoms with Crippen LogP contribution in [0, 0.1) is 12.8 Å². The highest BCUT2D eigenvalue weighted by Gasteiger charge is 2.26. The first-order chi connectivity index (χ1) is 16.1. The summed E-state index contributed by atoms with van der Waals surface area (Å²) < 4.78 is 10.7. The SMILES string of the molecule is COc1ccc(CNC(=O)C2CCN(c3ccc(-c4cccc(C)c4)nn3)CC2)c(OC)c1. The minimum absolute atomic E-state index is 0.00924. The van der Waals surface area contributed by atoms with E-state index in [1.807, 2.05) is 42.5 Å². The summed E-state index contributed by atoms with van der Waals surface area (Å²) >= 11 is 0. The number of methoxy groups -OCH3 is 2. The van der Waals surface area contributed by atoms with E-state index in [9.17, 15) is 4.79 Å². The molecule has 0 radical (unpaired) electrons. The molecule has 3 aromatic rings. The van der Waals surface area contributed by atoms with E-state index < -0.39 is 0 Å². The van der Waals surface area contributed by atoms with Gasteiger partial charge in [-0.3, -0.25) is 4.79 Å². The zero-order valence-electron chi connectivity index (χ0n) is 19.4. The summed E-state index contributed by atoms with van der Waals surface area (Å²) in [6, 6.07) is 17.9. The molecular weight excluding hydrogens is 416 g/mol. The van der Waals surface area contributed by atoms with Gasteiger partial charge in [-0.15, -0.1) is 10.2 Å². The Hall–Kier alpha value is -3.61. The van der Waals surface area contributed by atoms with Crippen molar-refractivity contribution in [1.82, 2.24) is 15.5 Å². The van der Waals surface area contributed by atoms with Gasteiger partial charge in [0.25, 0.3) is 0 Å². The number of amides is 1. The number of nitrogens with zero attached hydrogens (tertiary/aromatic N) is 3. The fourth-order valence-corrected chi connectivity index (χ4v) is 4.15.